The lowest BCUT2D eigenvalue weighted by atomic mass is 10.1. The molecule has 0 radical (unpaired) electrons. The van der Waals surface area contributed by atoms with E-state index in [9.17, 15) is 23.8 Å². The Morgan fingerprint density at radius 1 is 0.574 bits per heavy atom. The molecule has 54 heavy (non-hydrogen) atoms. The third kappa shape index (κ3) is 36.9. The first-order chi connectivity index (χ1) is 26.1. The third-order valence-electron chi connectivity index (χ3n) is 9.16. The van der Waals surface area contributed by atoms with Crippen molar-refractivity contribution in [3.8, 4) is 0 Å². The monoisotopic (exact) mass is 787 g/mol. The number of aliphatic carboxylic acids is 1. The van der Waals surface area contributed by atoms with Gasteiger partial charge in [-0.25, -0.2) is 0 Å². The number of carboxylic acids is 1. The van der Waals surface area contributed by atoms with Crippen molar-refractivity contribution in [1.82, 2.24) is 0 Å². The number of hydrogen-bond acceptors (Lipinski definition) is 10. The van der Waals surface area contributed by atoms with Gasteiger partial charge in [-0.2, -0.15) is 0 Å². The maximum absolute atomic E-state index is 12.6. The van der Waals surface area contributed by atoms with Crippen molar-refractivity contribution >= 4 is 25.7 Å². The highest BCUT2D eigenvalue weighted by Crippen LogP contribution is 2.38. The Labute approximate surface area is 328 Å². The summed E-state index contributed by atoms with van der Waals surface area (Å²) in [6.07, 6.45) is 37.9. The van der Waals surface area contributed by atoms with Crippen LogP contribution in [0.4, 0.5) is 0 Å². The molecule has 0 bridgehead atoms. The van der Waals surface area contributed by atoms with E-state index in [1.807, 2.05) is 0 Å². The normalized spacial score (nSPS) is 14.0. The Morgan fingerprint density at radius 2 is 0.944 bits per heavy atom. The number of nitrogens with two attached hydrogens (primary N) is 1. The summed E-state index contributed by atoms with van der Waals surface area (Å²) in [6.45, 7) is 2.62. The summed E-state index contributed by atoms with van der Waals surface area (Å²) >= 11 is 0. The first-order valence-corrected chi connectivity index (χ1v) is 22.8. The number of esters is 2. The van der Waals surface area contributed by atoms with E-state index in [1.165, 1.54) is 77.0 Å². The molecule has 0 aliphatic carbocycles. The first-order valence-electron chi connectivity index (χ1n) is 21.3. The number of carboxylic acid groups (broad SMARTS) is 1. The molecule has 1 unspecified atom stereocenters. The second-order valence-corrected chi connectivity index (χ2v) is 15.9. The molecule has 0 heterocycles. The number of hydrogen-bond donors (Lipinski definition) is 2. The SMILES string of the molecule is CCCCCCCCC=CCCCCCCCC(=O)OC[C@H](COP(=O)([O-])OC[C@H](N)C(=O)O)OC(=O)CCCCCCCC=CCCCCCCCC. The molecular formula is C42H77NO10P-. The zero-order chi connectivity index (χ0) is 40.0. The molecule has 0 saturated carbocycles. The summed E-state index contributed by atoms with van der Waals surface area (Å²) in [6, 6.07) is -1.56. The van der Waals surface area contributed by atoms with E-state index >= 15 is 0 Å². The smallest absolute Gasteiger partial charge is 0.322 e. The number of unbranched alkanes of at least 4 members (excludes halogenated alkanes) is 22. The molecule has 0 spiro atoms. The largest absolute Gasteiger partial charge is 0.756 e. The zero-order valence-corrected chi connectivity index (χ0v) is 34.9. The van der Waals surface area contributed by atoms with E-state index in [1.54, 1.807) is 0 Å². The Balaban J connectivity index is 4.40. The second-order valence-electron chi connectivity index (χ2n) is 14.4. The van der Waals surface area contributed by atoms with E-state index in [0.717, 1.165) is 77.0 Å². The number of carbonyl (C=O) groups excluding carboxylic acids is 2. The average Bonchev–Trinajstić information content (AvgIpc) is 3.14. The summed E-state index contributed by atoms with van der Waals surface area (Å²) in [5, 5.41) is 8.86. The van der Waals surface area contributed by atoms with E-state index in [-0.39, 0.29) is 19.4 Å². The molecule has 12 heteroatoms. The van der Waals surface area contributed by atoms with Gasteiger partial charge in [0.15, 0.2) is 6.10 Å². The molecule has 0 saturated heterocycles. The molecule has 0 aromatic carbocycles. The lowest BCUT2D eigenvalue weighted by Gasteiger charge is -2.26. The Bertz CT molecular complexity index is 1020. The fourth-order valence-electron chi connectivity index (χ4n) is 5.75. The van der Waals surface area contributed by atoms with E-state index in [4.69, 9.17) is 24.8 Å². The van der Waals surface area contributed by atoms with E-state index in [0.29, 0.717) is 12.8 Å². The molecule has 316 valence electrons. The van der Waals surface area contributed by atoms with Crippen LogP contribution < -0.4 is 10.6 Å². The minimum atomic E-state index is -4.96. The number of carbonyl (C=O) groups is 3. The van der Waals surface area contributed by atoms with Crippen molar-refractivity contribution in [3.63, 3.8) is 0 Å². The maximum atomic E-state index is 12.6. The highest BCUT2D eigenvalue weighted by molar-refractivity contribution is 7.45. The second kappa shape index (κ2) is 37.9. The summed E-state index contributed by atoms with van der Waals surface area (Å²) in [5.74, 6) is -2.46. The quantitative estimate of drug-likeness (QED) is 0.0262. The molecule has 0 aromatic heterocycles. The van der Waals surface area contributed by atoms with Crippen molar-refractivity contribution < 1.29 is 47.5 Å². The number of phosphoric acid groups is 1. The van der Waals surface area contributed by atoms with Crippen LogP contribution in [0, 0.1) is 0 Å². The van der Waals surface area contributed by atoms with Gasteiger partial charge in [0.2, 0.25) is 0 Å². The molecule has 0 fully saturated rings. The van der Waals surface area contributed by atoms with Crippen LogP contribution in [-0.4, -0.2) is 55.0 Å². The van der Waals surface area contributed by atoms with Gasteiger partial charge in [-0.3, -0.25) is 18.9 Å². The van der Waals surface area contributed by atoms with Gasteiger partial charge in [0.1, 0.15) is 12.6 Å². The summed E-state index contributed by atoms with van der Waals surface area (Å²) in [5.41, 5.74) is 5.30. The fraction of sp³-hybridized carbons (Fsp3) is 0.833. The maximum Gasteiger partial charge on any atom is 0.322 e. The summed E-state index contributed by atoms with van der Waals surface area (Å²) in [7, 11) is -4.96. The van der Waals surface area contributed by atoms with Gasteiger partial charge >= 0.3 is 17.9 Å². The van der Waals surface area contributed by atoms with Crippen LogP contribution in [0.3, 0.4) is 0 Å². The number of ether oxygens (including phenoxy) is 2. The van der Waals surface area contributed by atoms with Gasteiger partial charge in [-0.05, 0) is 64.2 Å². The number of phosphoric ester groups is 1. The molecule has 0 aliphatic rings. The first kappa shape index (κ1) is 52.0. The molecule has 0 aromatic rings. The standard InChI is InChI=1S/C42H78NO10P/c1-3-5-7-9-11-13-15-17-19-21-23-25-27-29-31-33-40(44)50-35-38(36-51-54(48,49)52-37-39(43)42(46)47)53-41(45)34-32-30-28-26-24-22-20-18-16-14-12-10-8-6-4-2/h17-20,38-39H,3-16,21-37,43H2,1-2H3,(H,46,47)(H,48,49)/p-1/t38-,39+/m1/s1. The predicted molar refractivity (Wildman–Crippen MR) is 215 cm³/mol. The Kier molecular flexibility index (Phi) is 36.4. The van der Waals surface area contributed by atoms with E-state index < -0.39 is 51.1 Å². The molecular weight excluding hydrogens is 709 g/mol. The van der Waals surface area contributed by atoms with Crippen molar-refractivity contribution in [1.29, 1.82) is 0 Å². The minimum absolute atomic E-state index is 0.135. The van der Waals surface area contributed by atoms with E-state index in [2.05, 4.69) is 42.7 Å². The summed E-state index contributed by atoms with van der Waals surface area (Å²) < 4.78 is 32.3. The van der Waals surface area contributed by atoms with Crippen molar-refractivity contribution in [2.75, 3.05) is 19.8 Å². The van der Waals surface area contributed by atoms with Crippen LogP contribution in [0.2, 0.25) is 0 Å². The number of allylic oxidation sites excluding steroid dienone is 4. The van der Waals surface area contributed by atoms with Gasteiger partial charge in [0.05, 0.1) is 13.2 Å². The van der Waals surface area contributed by atoms with Crippen LogP contribution in [0.5, 0.6) is 0 Å². The van der Waals surface area contributed by atoms with Crippen molar-refractivity contribution in [2.24, 2.45) is 5.73 Å². The third-order valence-corrected chi connectivity index (χ3v) is 10.1. The fourth-order valence-corrected chi connectivity index (χ4v) is 6.52. The average molecular weight is 787 g/mol. The molecule has 0 amide bonds. The Morgan fingerprint density at radius 3 is 1.37 bits per heavy atom. The Hall–Kier alpha value is -2.04. The molecule has 11 nitrogen and oxygen atoms in total. The van der Waals surface area contributed by atoms with Crippen LogP contribution in [-0.2, 0) is 37.5 Å². The zero-order valence-electron chi connectivity index (χ0n) is 34.0. The van der Waals surface area contributed by atoms with Crippen LogP contribution >= 0.6 is 7.82 Å². The predicted octanol–water partition coefficient (Wildman–Crippen LogP) is 10.4. The van der Waals surface area contributed by atoms with Gasteiger partial charge < -0.3 is 34.3 Å². The minimum Gasteiger partial charge on any atom is -0.756 e. The van der Waals surface area contributed by atoms with Crippen LogP contribution in [0.1, 0.15) is 194 Å². The van der Waals surface area contributed by atoms with Crippen LogP contribution in [0.25, 0.3) is 0 Å². The molecule has 3 N–H and O–H groups in total. The molecule has 0 rings (SSSR count). The molecule has 0 aliphatic heterocycles. The van der Waals surface area contributed by atoms with Gasteiger partial charge in [-0.15, -0.1) is 0 Å². The highest BCUT2D eigenvalue weighted by Gasteiger charge is 2.22. The number of rotatable bonds is 40. The topological polar surface area (TPSA) is 175 Å². The lowest BCUT2D eigenvalue weighted by Crippen LogP contribution is -2.35. The van der Waals surface area contributed by atoms with Gasteiger partial charge in [-0.1, -0.05) is 141 Å². The summed E-state index contributed by atoms with van der Waals surface area (Å²) in [4.78, 5) is 48.0. The highest BCUT2D eigenvalue weighted by atomic mass is 31.2. The van der Waals surface area contributed by atoms with Crippen molar-refractivity contribution in [3.05, 3.63) is 24.3 Å². The molecule has 3 atom stereocenters. The van der Waals surface area contributed by atoms with Gasteiger partial charge in [0.25, 0.3) is 7.82 Å². The lowest BCUT2D eigenvalue weighted by molar-refractivity contribution is -0.228. The van der Waals surface area contributed by atoms with Crippen molar-refractivity contribution in [2.45, 2.75) is 206 Å². The van der Waals surface area contributed by atoms with Gasteiger partial charge in [0, 0.05) is 12.8 Å². The van der Waals surface area contributed by atoms with Crippen LogP contribution in [0.15, 0.2) is 24.3 Å².